The van der Waals surface area contributed by atoms with Crippen LogP contribution in [0.4, 0.5) is 0 Å². The summed E-state index contributed by atoms with van der Waals surface area (Å²) in [6.45, 7) is 2.52. The second-order valence-corrected chi connectivity index (χ2v) is 5.90. The molecule has 4 heteroatoms. The molecule has 1 unspecified atom stereocenters. The van der Waals surface area contributed by atoms with Crippen LogP contribution < -0.4 is 11.1 Å². The van der Waals surface area contributed by atoms with Crippen LogP contribution in [0, 0.1) is 6.92 Å². The number of rotatable bonds is 5. The van der Waals surface area contributed by atoms with Crippen molar-refractivity contribution in [3.05, 3.63) is 69.7 Å². The summed E-state index contributed by atoms with van der Waals surface area (Å²) in [5, 5.41) is 2.92. The van der Waals surface area contributed by atoms with Crippen LogP contribution in [0.25, 0.3) is 0 Å². The molecule has 0 fully saturated rings. The van der Waals surface area contributed by atoms with Crippen LogP contribution in [0.1, 0.15) is 33.9 Å². The van der Waals surface area contributed by atoms with E-state index in [-0.39, 0.29) is 11.9 Å². The maximum absolute atomic E-state index is 12.2. The Kier molecular flexibility index (Phi) is 5.53. The summed E-state index contributed by atoms with van der Waals surface area (Å²) >= 11 is 3.40. The quantitative estimate of drug-likeness (QED) is 0.869. The lowest BCUT2D eigenvalue weighted by Crippen LogP contribution is -2.27. The highest BCUT2D eigenvalue weighted by molar-refractivity contribution is 9.10. The Balaban J connectivity index is 1.88. The van der Waals surface area contributed by atoms with E-state index in [0.29, 0.717) is 18.5 Å². The van der Waals surface area contributed by atoms with E-state index in [1.807, 2.05) is 55.5 Å². The van der Waals surface area contributed by atoms with Crippen molar-refractivity contribution in [2.24, 2.45) is 5.73 Å². The van der Waals surface area contributed by atoms with Crippen molar-refractivity contribution >= 4 is 21.8 Å². The van der Waals surface area contributed by atoms with E-state index in [9.17, 15) is 4.79 Å². The molecule has 0 spiro atoms. The van der Waals surface area contributed by atoms with Crippen LogP contribution in [0.3, 0.4) is 0 Å². The van der Waals surface area contributed by atoms with E-state index in [0.717, 1.165) is 15.6 Å². The number of carbonyl (C=O) groups excluding carboxylic acids is 1. The van der Waals surface area contributed by atoms with E-state index in [1.54, 1.807) is 0 Å². The minimum absolute atomic E-state index is 0.0625. The first-order chi connectivity index (χ1) is 10.1. The van der Waals surface area contributed by atoms with Crippen LogP contribution >= 0.6 is 15.9 Å². The molecular weight excluding hydrogens is 328 g/mol. The van der Waals surface area contributed by atoms with Crippen LogP contribution in [0.5, 0.6) is 0 Å². The van der Waals surface area contributed by atoms with Crippen molar-refractivity contribution in [2.75, 3.05) is 6.54 Å². The SMILES string of the molecule is Cc1ccc(Br)c(C(=O)NCCC(N)c2ccccc2)c1. The van der Waals surface area contributed by atoms with Crippen LogP contribution in [-0.2, 0) is 0 Å². The average molecular weight is 347 g/mol. The maximum atomic E-state index is 12.2. The fourth-order valence-electron chi connectivity index (χ4n) is 2.12. The molecule has 0 heterocycles. The summed E-state index contributed by atoms with van der Waals surface area (Å²) in [4.78, 5) is 12.2. The molecular formula is C17H19BrN2O. The normalized spacial score (nSPS) is 12.0. The zero-order valence-electron chi connectivity index (χ0n) is 12.0. The van der Waals surface area contributed by atoms with Crippen LogP contribution in [0.2, 0.25) is 0 Å². The minimum atomic E-state index is -0.0779. The smallest absolute Gasteiger partial charge is 0.252 e. The van der Waals surface area contributed by atoms with Crippen molar-refractivity contribution < 1.29 is 4.79 Å². The minimum Gasteiger partial charge on any atom is -0.352 e. The number of nitrogens with two attached hydrogens (primary N) is 1. The predicted molar refractivity (Wildman–Crippen MR) is 89.2 cm³/mol. The molecule has 0 saturated carbocycles. The lowest BCUT2D eigenvalue weighted by atomic mass is 10.0. The Morgan fingerprint density at radius 2 is 1.95 bits per heavy atom. The van der Waals surface area contributed by atoms with E-state index in [1.165, 1.54) is 0 Å². The van der Waals surface area contributed by atoms with Gasteiger partial charge < -0.3 is 11.1 Å². The molecule has 0 radical (unpaired) electrons. The summed E-state index contributed by atoms with van der Waals surface area (Å²) in [7, 11) is 0. The largest absolute Gasteiger partial charge is 0.352 e. The van der Waals surface area contributed by atoms with Gasteiger partial charge in [0.25, 0.3) is 5.91 Å². The van der Waals surface area contributed by atoms with Gasteiger partial charge in [0.15, 0.2) is 0 Å². The molecule has 1 amide bonds. The van der Waals surface area contributed by atoms with E-state index < -0.39 is 0 Å². The van der Waals surface area contributed by atoms with E-state index >= 15 is 0 Å². The summed E-state index contributed by atoms with van der Waals surface area (Å²) in [6.07, 6.45) is 0.708. The van der Waals surface area contributed by atoms with Gasteiger partial charge in [-0.15, -0.1) is 0 Å². The molecule has 2 aromatic rings. The van der Waals surface area contributed by atoms with Gasteiger partial charge in [0.1, 0.15) is 0 Å². The lowest BCUT2D eigenvalue weighted by Gasteiger charge is -2.13. The second-order valence-electron chi connectivity index (χ2n) is 5.05. The molecule has 0 bridgehead atoms. The van der Waals surface area contributed by atoms with Gasteiger partial charge in [-0.2, -0.15) is 0 Å². The standard InChI is InChI=1S/C17H19BrN2O/c1-12-7-8-15(18)14(11-12)17(21)20-10-9-16(19)13-5-3-2-4-6-13/h2-8,11,16H,9-10,19H2,1H3,(H,20,21). The molecule has 0 aliphatic carbocycles. The Labute approximate surface area is 133 Å². The number of nitrogens with one attached hydrogen (secondary N) is 1. The fourth-order valence-corrected chi connectivity index (χ4v) is 2.54. The molecule has 0 aromatic heterocycles. The number of amides is 1. The summed E-state index contributed by atoms with van der Waals surface area (Å²) in [6, 6.07) is 15.6. The Hall–Kier alpha value is -1.65. The molecule has 2 aromatic carbocycles. The topological polar surface area (TPSA) is 55.1 Å². The van der Waals surface area contributed by atoms with Crippen LogP contribution in [0.15, 0.2) is 53.0 Å². The monoisotopic (exact) mass is 346 g/mol. The molecule has 3 nitrogen and oxygen atoms in total. The average Bonchev–Trinajstić information content (AvgIpc) is 2.50. The van der Waals surface area contributed by atoms with Crippen molar-refractivity contribution in [3.8, 4) is 0 Å². The predicted octanol–water partition coefficient (Wildman–Crippen LogP) is 3.58. The van der Waals surface area contributed by atoms with E-state index in [4.69, 9.17) is 5.73 Å². The molecule has 0 aliphatic rings. The molecule has 110 valence electrons. The van der Waals surface area contributed by atoms with Crippen molar-refractivity contribution in [2.45, 2.75) is 19.4 Å². The Morgan fingerprint density at radius 1 is 1.24 bits per heavy atom. The van der Waals surface area contributed by atoms with Gasteiger partial charge in [0, 0.05) is 17.1 Å². The molecule has 3 N–H and O–H groups in total. The van der Waals surface area contributed by atoms with Gasteiger partial charge in [0.05, 0.1) is 5.56 Å². The van der Waals surface area contributed by atoms with Gasteiger partial charge in [-0.05, 0) is 47.0 Å². The van der Waals surface area contributed by atoms with Gasteiger partial charge in [-0.25, -0.2) is 0 Å². The van der Waals surface area contributed by atoms with Gasteiger partial charge >= 0.3 is 0 Å². The number of halogens is 1. The summed E-state index contributed by atoms with van der Waals surface area (Å²) in [5.74, 6) is -0.0779. The third kappa shape index (κ3) is 4.41. The highest BCUT2D eigenvalue weighted by Crippen LogP contribution is 2.18. The van der Waals surface area contributed by atoms with Crippen molar-refractivity contribution in [3.63, 3.8) is 0 Å². The van der Waals surface area contributed by atoms with E-state index in [2.05, 4.69) is 21.2 Å². The zero-order valence-corrected chi connectivity index (χ0v) is 13.6. The fraction of sp³-hybridized carbons (Fsp3) is 0.235. The summed E-state index contributed by atoms with van der Waals surface area (Å²) in [5.41, 5.74) is 8.92. The van der Waals surface area contributed by atoms with Gasteiger partial charge in [-0.3, -0.25) is 4.79 Å². The van der Waals surface area contributed by atoms with Crippen molar-refractivity contribution in [1.82, 2.24) is 5.32 Å². The number of benzene rings is 2. The molecule has 21 heavy (non-hydrogen) atoms. The number of hydrogen-bond donors (Lipinski definition) is 2. The first-order valence-corrected chi connectivity index (χ1v) is 7.72. The molecule has 0 aliphatic heterocycles. The third-order valence-corrected chi connectivity index (χ3v) is 4.03. The lowest BCUT2D eigenvalue weighted by molar-refractivity contribution is 0.0951. The first-order valence-electron chi connectivity index (χ1n) is 6.93. The number of hydrogen-bond acceptors (Lipinski definition) is 2. The molecule has 2 rings (SSSR count). The van der Waals surface area contributed by atoms with Gasteiger partial charge in [-0.1, -0.05) is 42.0 Å². The maximum Gasteiger partial charge on any atom is 0.252 e. The first kappa shape index (κ1) is 15.7. The highest BCUT2D eigenvalue weighted by atomic mass is 79.9. The highest BCUT2D eigenvalue weighted by Gasteiger charge is 2.11. The Bertz CT molecular complexity index is 613. The summed E-state index contributed by atoms with van der Waals surface area (Å²) < 4.78 is 0.804. The van der Waals surface area contributed by atoms with Crippen LogP contribution in [-0.4, -0.2) is 12.5 Å². The third-order valence-electron chi connectivity index (χ3n) is 3.34. The zero-order chi connectivity index (χ0) is 15.2. The molecule has 1 atom stereocenters. The molecule has 0 saturated heterocycles. The van der Waals surface area contributed by atoms with Gasteiger partial charge in [0.2, 0.25) is 0 Å². The number of carbonyl (C=O) groups is 1. The van der Waals surface area contributed by atoms with Crippen molar-refractivity contribution in [1.29, 1.82) is 0 Å². The number of aryl methyl sites for hydroxylation is 1. The Morgan fingerprint density at radius 3 is 2.67 bits per heavy atom. The second kappa shape index (κ2) is 7.38.